The lowest BCUT2D eigenvalue weighted by Gasteiger charge is -2.10. The van der Waals surface area contributed by atoms with Crippen LogP contribution in [0.25, 0.3) is 0 Å². The normalized spacial score (nSPS) is 12.2. The van der Waals surface area contributed by atoms with Crippen molar-refractivity contribution in [3.05, 3.63) is 58.3 Å². The summed E-state index contributed by atoms with van der Waals surface area (Å²) in [5.74, 6) is 0.669. The van der Waals surface area contributed by atoms with E-state index in [0.717, 1.165) is 5.56 Å². The standard InChI is InChI=1S/C15H14BrFO2/c1-2-15(18)10-3-5-13(6-4-10)19-14-8-11(16)7-12(17)9-14/h3-9,15,18H,2H2,1H3/t15-/m0/s1. The van der Waals surface area contributed by atoms with Crippen molar-refractivity contribution in [2.75, 3.05) is 0 Å². The van der Waals surface area contributed by atoms with E-state index in [0.29, 0.717) is 22.4 Å². The highest BCUT2D eigenvalue weighted by Crippen LogP contribution is 2.27. The highest BCUT2D eigenvalue weighted by molar-refractivity contribution is 9.10. The zero-order valence-electron chi connectivity index (χ0n) is 10.4. The Hall–Kier alpha value is -1.39. The Morgan fingerprint density at radius 3 is 2.42 bits per heavy atom. The number of aliphatic hydroxyl groups excluding tert-OH is 1. The number of hydrogen-bond acceptors (Lipinski definition) is 2. The quantitative estimate of drug-likeness (QED) is 0.873. The molecule has 0 bridgehead atoms. The molecule has 0 aliphatic heterocycles. The van der Waals surface area contributed by atoms with Gasteiger partial charge < -0.3 is 9.84 Å². The van der Waals surface area contributed by atoms with Crippen LogP contribution in [0.2, 0.25) is 0 Å². The molecule has 0 heterocycles. The second kappa shape index (κ2) is 6.17. The monoisotopic (exact) mass is 324 g/mol. The number of rotatable bonds is 4. The van der Waals surface area contributed by atoms with Gasteiger partial charge in [-0.15, -0.1) is 0 Å². The number of halogens is 2. The van der Waals surface area contributed by atoms with Crippen LogP contribution in [0.4, 0.5) is 4.39 Å². The van der Waals surface area contributed by atoms with Crippen molar-refractivity contribution in [1.82, 2.24) is 0 Å². The van der Waals surface area contributed by atoms with E-state index in [-0.39, 0.29) is 5.82 Å². The molecule has 100 valence electrons. The highest BCUT2D eigenvalue weighted by Gasteiger charge is 2.06. The Labute approximate surface area is 120 Å². The molecule has 1 N–H and O–H groups in total. The van der Waals surface area contributed by atoms with Gasteiger partial charge in [-0.05, 0) is 36.2 Å². The van der Waals surface area contributed by atoms with Crippen LogP contribution in [0.15, 0.2) is 46.9 Å². The average Bonchev–Trinajstić information content (AvgIpc) is 2.37. The summed E-state index contributed by atoms with van der Waals surface area (Å²) < 4.78 is 19.4. The molecule has 0 fully saturated rings. The molecule has 0 radical (unpaired) electrons. The number of ether oxygens (including phenoxy) is 1. The van der Waals surface area contributed by atoms with Gasteiger partial charge >= 0.3 is 0 Å². The smallest absolute Gasteiger partial charge is 0.131 e. The molecule has 2 rings (SSSR count). The van der Waals surface area contributed by atoms with E-state index in [1.165, 1.54) is 12.1 Å². The van der Waals surface area contributed by atoms with Gasteiger partial charge in [-0.3, -0.25) is 0 Å². The summed E-state index contributed by atoms with van der Waals surface area (Å²) in [7, 11) is 0. The van der Waals surface area contributed by atoms with E-state index < -0.39 is 6.10 Å². The van der Waals surface area contributed by atoms with Crippen molar-refractivity contribution in [2.24, 2.45) is 0 Å². The van der Waals surface area contributed by atoms with Crippen LogP contribution in [0.5, 0.6) is 11.5 Å². The van der Waals surface area contributed by atoms with E-state index in [4.69, 9.17) is 4.74 Å². The number of benzene rings is 2. The second-order valence-corrected chi connectivity index (χ2v) is 5.12. The minimum atomic E-state index is -0.461. The summed E-state index contributed by atoms with van der Waals surface area (Å²) in [6.07, 6.45) is 0.203. The molecule has 0 unspecified atom stereocenters. The highest BCUT2D eigenvalue weighted by atomic mass is 79.9. The van der Waals surface area contributed by atoms with Gasteiger partial charge in [0.05, 0.1) is 6.10 Å². The third-order valence-electron chi connectivity index (χ3n) is 2.72. The molecule has 0 amide bonds. The maximum Gasteiger partial charge on any atom is 0.131 e. The maximum atomic E-state index is 13.2. The molecule has 4 heteroatoms. The van der Waals surface area contributed by atoms with Gasteiger partial charge in [-0.1, -0.05) is 35.0 Å². The van der Waals surface area contributed by atoms with E-state index in [1.54, 1.807) is 30.3 Å². The molecule has 0 saturated heterocycles. The van der Waals surface area contributed by atoms with Gasteiger partial charge in [0.2, 0.25) is 0 Å². The first-order valence-electron chi connectivity index (χ1n) is 6.00. The first kappa shape index (κ1) is 14.0. The summed E-state index contributed by atoms with van der Waals surface area (Å²) in [4.78, 5) is 0. The molecule has 0 aromatic heterocycles. The van der Waals surface area contributed by atoms with Crippen LogP contribution in [0, 0.1) is 5.82 Å². The topological polar surface area (TPSA) is 29.5 Å². The Morgan fingerprint density at radius 2 is 1.84 bits per heavy atom. The second-order valence-electron chi connectivity index (χ2n) is 4.20. The van der Waals surface area contributed by atoms with Gasteiger partial charge in [-0.2, -0.15) is 0 Å². The Bertz CT molecular complexity index is 534. The lowest BCUT2D eigenvalue weighted by molar-refractivity contribution is 0.173. The fourth-order valence-corrected chi connectivity index (χ4v) is 2.16. The van der Waals surface area contributed by atoms with E-state index in [2.05, 4.69) is 15.9 Å². The van der Waals surface area contributed by atoms with E-state index in [1.807, 2.05) is 6.92 Å². The van der Waals surface area contributed by atoms with Crippen LogP contribution in [-0.2, 0) is 0 Å². The summed E-state index contributed by atoms with van der Waals surface area (Å²) in [6, 6.07) is 11.5. The molecule has 0 saturated carbocycles. The molecular formula is C15H14BrFO2. The van der Waals surface area contributed by atoms with Crippen LogP contribution >= 0.6 is 15.9 Å². The van der Waals surface area contributed by atoms with Crippen molar-refractivity contribution in [3.63, 3.8) is 0 Å². The largest absolute Gasteiger partial charge is 0.457 e. The Balaban J connectivity index is 2.15. The van der Waals surface area contributed by atoms with Gasteiger partial charge in [0.15, 0.2) is 0 Å². The molecule has 19 heavy (non-hydrogen) atoms. The van der Waals surface area contributed by atoms with Crippen LogP contribution < -0.4 is 4.74 Å². The number of hydrogen-bond donors (Lipinski definition) is 1. The fraction of sp³-hybridized carbons (Fsp3) is 0.200. The summed E-state index contributed by atoms with van der Waals surface area (Å²) in [6.45, 7) is 1.92. The zero-order valence-corrected chi connectivity index (χ0v) is 12.0. The van der Waals surface area contributed by atoms with Gasteiger partial charge in [0, 0.05) is 10.5 Å². The molecule has 1 atom stereocenters. The SMILES string of the molecule is CC[C@H](O)c1ccc(Oc2cc(F)cc(Br)c2)cc1. The van der Waals surface area contributed by atoms with Crippen molar-refractivity contribution in [3.8, 4) is 11.5 Å². The Morgan fingerprint density at radius 1 is 1.16 bits per heavy atom. The van der Waals surface area contributed by atoms with Crippen LogP contribution in [-0.4, -0.2) is 5.11 Å². The van der Waals surface area contributed by atoms with Gasteiger partial charge in [0.1, 0.15) is 17.3 Å². The predicted octanol–water partition coefficient (Wildman–Crippen LogP) is 4.82. The van der Waals surface area contributed by atoms with Crippen molar-refractivity contribution < 1.29 is 14.2 Å². The zero-order chi connectivity index (χ0) is 13.8. The van der Waals surface area contributed by atoms with E-state index >= 15 is 0 Å². The maximum absolute atomic E-state index is 13.2. The van der Waals surface area contributed by atoms with Crippen molar-refractivity contribution in [2.45, 2.75) is 19.4 Å². The van der Waals surface area contributed by atoms with Crippen LogP contribution in [0.3, 0.4) is 0 Å². The third-order valence-corrected chi connectivity index (χ3v) is 3.18. The molecule has 2 aromatic rings. The summed E-state index contributed by atoms with van der Waals surface area (Å²) >= 11 is 3.21. The van der Waals surface area contributed by atoms with Gasteiger partial charge in [0.25, 0.3) is 0 Å². The minimum Gasteiger partial charge on any atom is -0.457 e. The van der Waals surface area contributed by atoms with Crippen molar-refractivity contribution >= 4 is 15.9 Å². The number of aliphatic hydroxyl groups is 1. The molecular weight excluding hydrogens is 311 g/mol. The molecule has 0 spiro atoms. The molecule has 0 aliphatic carbocycles. The lowest BCUT2D eigenvalue weighted by atomic mass is 10.1. The summed E-state index contributed by atoms with van der Waals surface area (Å²) in [5, 5.41) is 9.69. The van der Waals surface area contributed by atoms with Crippen molar-refractivity contribution in [1.29, 1.82) is 0 Å². The fourth-order valence-electron chi connectivity index (χ4n) is 1.72. The Kier molecular flexibility index (Phi) is 4.56. The predicted molar refractivity (Wildman–Crippen MR) is 75.9 cm³/mol. The van der Waals surface area contributed by atoms with E-state index in [9.17, 15) is 9.50 Å². The first-order chi connectivity index (χ1) is 9.08. The molecule has 2 aromatic carbocycles. The van der Waals surface area contributed by atoms with Gasteiger partial charge in [-0.25, -0.2) is 4.39 Å². The molecule has 0 aliphatic rings. The summed E-state index contributed by atoms with van der Waals surface area (Å²) in [5.41, 5.74) is 0.843. The minimum absolute atomic E-state index is 0.359. The third kappa shape index (κ3) is 3.78. The first-order valence-corrected chi connectivity index (χ1v) is 6.79. The molecule has 2 nitrogen and oxygen atoms in total. The lowest BCUT2D eigenvalue weighted by Crippen LogP contribution is -1.94. The van der Waals surface area contributed by atoms with Crippen LogP contribution in [0.1, 0.15) is 25.0 Å². The average molecular weight is 325 g/mol.